The molecule has 0 fully saturated rings. The summed E-state index contributed by atoms with van der Waals surface area (Å²) in [5.41, 5.74) is 4.82. The van der Waals surface area contributed by atoms with Crippen molar-refractivity contribution in [3.05, 3.63) is 70.5 Å². The highest BCUT2D eigenvalue weighted by Crippen LogP contribution is 2.32. The molecule has 0 unspecified atom stereocenters. The average molecular weight is 398 g/mol. The number of hydrogen-bond acceptors (Lipinski definition) is 8. The number of benzene rings is 2. The van der Waals surface area contributed by atoms with Gasteiger partial charge in [0.2, 0.25) is 5.82 Å². The molecule has 0 bridgehead atoms. The third-order valence-corrected chi connectivity index (χ3v) is 4.78. The zero-order chi connectivity index (χ0) is 20.5. The van der Waals surface area contributed by atoms with Crippen molar-refractivity contribution in [1.29, 1.82) is 0 Å². The van der Waals surface area contributed by atoms with Crippen molar-refractivity contribution >= 4 is 5.71 Å². The number of aromatic nitrogens is 5. The van der Waals surface area contributed by atoms with E-state index in [0.717, 1.165) is 28.0 Å². The van der Waals surface area contributed by atoms with Crippen LogP contribution in [0.4, 0.5) is 0 Å². The van der Waals surface area contributed by atoms with E-state index in [4.69, 9.17) is 0 Å². The van der Waals surface area contributed by atoms with E-state index in [1.165, 1.54) is 6.07 Å². The van der Waals surface area contributed by atoms with Gasteiger partial charge < -0.3 is 10.1 Å². The normalized spacial score (nSPS) is 12.9. The van der Waals surface area contributed by atoms with Crippen LogP contribution in [0.5, 0.6) is 5.75 Å². The molecule has 4 aromatic rings. The average Bonchev–Trinajstić information content (AvgIpc) is 3.50. The molecule has 2 aromatic heterocycles. The SMILES string of the molecule is O=c1[nH]c(-c2ccc(C3=NN=NC3)cc2)c(-c2ccc(-c3nn[nH]n3)cc2)cc1O. The van der Waals surface area contributed by atoms with Crippen LogP contribution in [-0.2, 0) is 0 Å². The molecular weight excluding hydrogens is 384 g/mol. The van der Waals surface area contributed by atoms with Crippen molar-refractivity contribution in [1.82, 2.24) is 25.6 Å². The molecule has 5 rings (SSSR count). The fourth-order valence-electron chi connectivity index (χ4n) is 3.25. The number of rotatable bonds is 4. The number of H-pyrrole nitrogens is 2. The number of hydrogen-bond donors (Lipinski definition) is 3. The van der Waals surface area contributed by atoms with Gasteiger partial charge in [-0.1, -0.05) is 48.5 Å². The van der Waals surface area contributed by atoms with Crippen LogP contribution in [0, 0.1) is 0 Å². The molecule has 0 amide bonds. The van der Waals surface area contributed by atoms with Gasteiger partial charge >= 0.3 is 0 Å². The Kier molecular flexibility index (Phi) is 4.21. The Labute approximate surface area is 169 Å². The molecule has 0 spiro atoms. The standard InChI is InChI=1S/C20H14N8O2/c29-17-9-15(11-1-7-14(8-2-11)19-24-27-28-25-19)18(22-20(17)30)13-5-3-12(4-6-13)16-10-21-26-23-16/h1-9,29H,10H2,(H,22,30)(H,24,25,27,28). The molecule has 2 aromatic carbocycles. The Morgan fingerprint density at radius 3 is 2.27 bits per heavy atom. The molecule has 3 heterocycles. The number of nitrogens with one attached hydrogen (secondary N) is 2. The van der Waals surface area contributed by atoms with E-state index in [9.17, 15) is 9.90 Å². The second kappa shape index (κ2) is 7.17. The van der Waals surface area contributed by atoms with E-state index in [1.54, 1.807) is 0 Å². The summed E-state index contributed by atoms with van der Waals surface area (Å²) in [6, 6.07) is 16.5. The van der Waals surface area contributed by atoms with Crippen LogP contribution in [0.1, 0.15) is 5.56 Å². The topological polar surface area (TPSA) is 145 Å². The van der Waals surface area contributed by atoms with Crippen molar-refractivity contribution in [2.75, 3.05) is 6.54 Å². The minimum atomic E-state index is -0.556. The highest BCUT2D eigenvalue weighted by Gasteiger charge is 2.14. The predicted molar refractivity (Wildman–Crippen MR) is 109 cm³/mol. The fourth-order valence-corrected chi connectivity index (χ4v) is 3.25. The maximum Gasteiger partial charge on any atom is 0.290 e. The van der Waals surface area contributed by atoms with Crippen LogP contribution in [-0.4, -0.2) is 43.0 Å². The monoisotopic (exact) mass is 398 g/mol. The van der Waals surface area contributed by atoms with Crippen LogP contribution in [0.15, 0.2) is 74.8 Å². The summed E-state index contributed by atoms with van der Waals surface area (Å²) in [5, 5.41) is 35.4. The molecule has 10 nitrogen and oxygen atoms in total. The molecule has 0 saturated carbocycles. The van der Waals surface area contributed by atoms with Crippen LogP contribution in [0.25, 0.3) is 33.8 Å². The van der Waals surface area contributed by atoms with Crippen molar-refractivity contribution in [2.45, 2.75) is 0 Å². The molecule has 30 heavy (non-hydrogen) atoms. The highest BCUT2D eigenvalue weighted by molar-refractivity contribution is 6.03. The Morgan fingerprint density at radius 1 is 0.900 bits per heavy atom. The molecule has 0 atom stereocenters. The maximum absolute atomic E-state index is 12.1. The molecule has 0 saturated heterocycles. The lowest BCUT2D eigenvalue weighted by Gasteiger charge is -2.11. The van der Waals surface area contributed by atoms with Crippen LogP contribution < -0.4 is 5.56 Å². The second-order valence-corrected chi connectivity index (χ2v) is 6.60. The van der Waals surface area contributed by atoms with Crippen molar-refractivity contribution in [3.63, 3.8) is 0 Å². The predicted octanol–water partition coefficient (Wildman–Crippen LogP) is 2.76. The van der Waals surface area contributed by atoms with Gasteiger partial charge in [-0.25, -0.2) is 0 Å². The third kappa shape index (κ3) is 3.15. The molecule has 0 radical (unpaired) electrons. The Bertz CT molecular complexity index is 1320. The van der Waals surface area contributed by atoms with E-state index in [1.807, 2.05) is 48.5 Å². The second-order valence-electron chi connectivity index (χ2n) is 6.60. The summed E-state index contributed by atoms with van der Waals surface area (Å²) in [6.07, 6.45) is 0. The first-order chi connectivity index (χ1) is 14.7. The Balaban J connectivity index is 1.56. The Hall–Kier alpha value is -4.47. The summed E-state index contributed by atoms with van der Waals surface area (Å²) in [7, 11) is 0. The van der Waals surface area contributed by atoms with Crippen molar-refractivity contribution < 1.29 is 5.11 Å². The quantitative estimate of drug-likeness (QED) is 0.484. The summed E-state index contributed by atoms with van der Waals surface area (Å²) in [6.45, 7) is 0.452. The summed E-state index contributed by atoms with van der Waals surface area (Å²) >= 11 is 0. The van der Waals surface area contributed by atoms with E-state index in [-0.39, 0.29) is 5.75 Å². The Morgan fingerprint density at radius 2 is 1.60 bits per heavy atom. The molecule has 1 aliphatic heterocycles. The molecule has 0 aliphatic carbocycles. The van der Waals surface area contributed by atoms with E-state index >= 15 is 0 Å². The fraction of sp³-hybridized carbons (Fsp3) is 0.0500. The first-order valence-corrected chi connectivity index (χ1v) is 9.04. The van der Waals surface area contributed by atoms with Gasteiger partial charge in [-0.2, -0.15) is 10.3 Å². The summed E-state index contributed by atoms with van der Waals surface area (Å²) in [5.74, 6) is 0.131. The maximum atomic E-state index is 12.1. The molecule has 3 N–H and O–H groups in total. The van der Waals surface area contributed by atoms with Gasteiger partial charge in [-0.05, 0) is 33.2 Å². The molecule has 10 heteroatoms. The number of aromatic hydroxyl groups is 1. The minimum Gasteiger partial charge on any atom is -0.503 e. The van der Waals surface area contributed by atoms with E-state index in [2.05, 4.69) is 41.0 Å². The minimum absolute atomic E-state index is 0.351. The largest absolute Gasteiger partial charge is 0.503 e. The first-order valence-electron chi connectivity index (χ1n) is 9.04. The lowest BCUT2D eigenvalue weighted by Crippen LogP contribution is -2.08. The van der Waals surface area contributed by atoms with Gasteiger partial charge in [0.25, 0.3) is 5.56 Å². The van der Waals surface area contributed by atoms with E-state index in [0.29, 0.717) is 23.6 Å². The van der Waals surface area contributed by atoms with Gasteiger partial charge in [0.15, 0.2) is 5.75 Å². The third-order valence-electron chi connectivity index (χ3n) is 4.78. The summed E-state index contributed by atoms with van der Waals surface area (Å²) < 4.78 is 0. The number of nitrogens with zero attached hydrogens (tertiary/aromatic N) is 6. The van der Waals surface area contributed by atoms with Gasteiger partial charge in [0.1, 0.15) is 6.54 Å². The molecule has 146 valence electrons. The van der Waals surface area contributed by atoms with Crippen molar-refractivity contribution in [2.24, 2.45) is 15.4 Å². The lowest BCUT2D eigenvalue weighted by atomic mass is 9.97. The smallest absolute Gasteiger partial charge is 0.290 e. The van der Waals surface area contributed by atoms with Gasteiger partial charge in [-0.15, -0.1) is 15.3 Å². The number of tetrazole rings is 1. The number of aromatic amines is 2. The zero-order valence-electron chi connectivity index (χ0n) is 15.4. The van der Waals surface area contributed by atoms with Crippen LogP contribution >= 0.6 is 0 Å². The molecule has 1 aliphatic rings. The van der Waals surface area contributed by atoms with Crippen molar-refractivity contribution in [3.8, 4) is 39.5 Å². The van der Waals surface area contributed by atoms with Gasteiger partial charge in [-0.3, -0.25) is 4.79 Å². The number of pyridine rings is 1. The lowest BCUT2D eigenvalue weighted by molar-refractivity contribution is 0.467. The first kappa shape index (κ1) is 17.6. The van der Waals surface area contributed by atoms with Crippen LogP contribution in [0.2, 0.25) is 0 Å². The van der Waals surface area contributed by atoms with Crippen LogP contribution in [0.3, 0.4) is 0 Å². The summed E-state index contributed by atoms with van der Waals surface area (Å²) in [4.78, 5) is 14.9. The van der Waals surface area contributed by atoms with E-state index < -0.39 is 5.56 Å². The zero-order valence-corrected chi connectivity index (χ0v) is 15.4. The highest BCUT2D eigenvalue weighted by atomic mass is 16.3. The molecular formula is C20H14N8O2. The van der Waals surface area contributed by atoms with Gasteiger partial charge in [0.05, 0.1) is 11.4 Å². The van der Waals surface area contributed by atoms with Gasteiger partial charge in [0, 0.05) is 11.1 Å².